The van der Waals surface area contributed by atoms with Crippen molar-refractivity contribution >= 4 is 12.3 Å². The van der Waals surface area contributed by atoms with Gasteiger partial charge in [-0.05, 0) is 32.4 Å². The molecule has 0 aliphatic heterocycles. The Morgan fingerprint density at radius 2 is 2.00 bits per heavy atom. The van der Waals surface area contributed by atoms with Crippen molar-refractivity contribution < 1.29 is 23.8 Å². The van der Waals surface area contributed by atoms with E-state index in [9.17, 15) is 9.59 Å². The van der Waals surface area contributed by atoms with E-state index in [2.05, 4.69) is 6.58 Å². The first-order chi connectivity index (χ1) is 10.2. The topological polar surface area (TPSA) is 61.8 Å². The molecule has 0 bridgehead atoms. The molecule has 0 aliphatic rings. The van der Waals surface area contributed by atoms with Gasteiger partial charge in [-0.1, -0.05) is 6.08 Å². The second-order valence-corrected chi connectivity index (χ2v) is 4.14. The molecule has 0 aliphatic carbocycles. The van der Waals surface area contributed by atoms with Crippen molar-refractivity contribution in [2.45, 2.75) is 20.3 Å². The maximum absolute atomic E-state index is 11.4. The van der Waals surface area contributed by atoms with Crippen LogP contribution in [-0.2, 0) is 16.0 Å². The van der Waals surface area contributed by atoms with Crippen LogP contribution in [0.1, 0.15) is 29.8 Å². The number of hydrogen-bond donors (Lipinski definition) is 0. The lowest BCUT2D eigenvalue weighted by Crippen LogP contribution is -2.16. The lowest BCUT2D eigenvalue weighted by Gasteiger charge is -2.15. The number of benzene rings is 1. The molecule has 0 fully saturated rings. The van der Waals surface area contributed by atoms with Gasteiger partial charge in [-0.2, -0.15) is 0 Å². The number of allylic oxidation sites excluding steroid dienone is 1. The molecule has 1 aromatic rings. The molecule has 0 N–H and O–H groups in total. The zero-order valence-electron chi connectivity index (χ0n) is 12.4. The molecule has 0 atom stereocenters. The predicted molar refractivity (Wildman–Crippen MR) is 79.0 cm³/mol. The Kier molecular flexibility index (Phi) is 7.01. The fourth-order valence-electron chi connectivity index (χ4n) is 1.82. The van der Waals surface area contributed by atoms with Crippen LogP contribution in [0.4, 0.5) is 0 Å². The van der Waals surface area contributed by atoms with E-state index in [0.717, 1.165) is 11.8 Å². The average molecular weight is 292 g/mol. The van der Waals surface area contributed by atoms with E-state index in [1.807, 2.05) is 6.92 Å². The molecule has 0 saturated heterocycles. The smallest absolute Gasteiger partial charge is 0.344 e. The van der Waals surface area contributed by atoms with Crippen molar-refractivity contribution in [1.29, 1.82) is 0 Å². The largest absolute Gasteiger partial charge is 0.490 e. The zero-order chi connectivity index (χ0) is 15.7. The van der Waals surface area contributed by atoms with E-state index in [4.69, 9.17) is 14.2 Å². The minimum absolute atomic E-state index is 0.210. The molecule has 114 valence electrons. The maximum atomic E-state index is 11.4. The van der Waals surface area contributed by atoms with Gasteiger partial charge in [0.1, 0.15) is 6.29 Å². The number of esters is 1. The molecule has 5 nitrogen and oxygen atoms in total. The van der Waals surface area contributed by atoms with E-state index in [1.165, 1.54) is 0 Å². The van der Waals surface area contributed by atoms with Gasteiger partial charge in [-0.15, -0.1) is 6.58 Å². The van der Waals surface area contributed by atoms with Crippen LogP contribution in [0, 0.1) is 0 Å². The van der Waals surface area contributed by atoms with Gasteiger partial charge in [0.25, 0.3) is 0 Å². The summed E-state index contributed by atoms with van der Waals surface area (Å²) in [6, 6.07) is 3.28. The Labute approximate surface area is 124 Å². The van der Waals surface area contributed by atoms with Crippen molar-refractivity contribution in [3.05, 3.63) is 35.9 Å². The quantitative estimate of drug-likeness (QED) is 0.398. The van der Waals surface area contributed by atoms with Crippen molar-refractivity contribution in [3.63, 3.8) is 0 Å². The van der Waals surface area contributed by atoms with Gasteiger partial charge in [-0.25, -0.2) is 4.79 Å². The second-order valence-electron chi connectivity index (χ2n) is 4.14. The van der Waals surface area contributed by atoms with Crippen molar-refractivity contribution in [2.75, 3.05) is 19.8 Å². The first-order valence-corrected chi connectivity index (χ1v) is 6.80. The number of ether oxygens (including phenoxy) is 3. The normalized spacial score (nSPS) is 9.81. The number of carbonyl (C=O) groups excluding carboxylic acids is 2. The Morgan fingerprint density at radius 1 is 1.24 bits per heavy atom. The standard InChI is InChI=1S/C16H20O5/c1-4-7-13-8-12(10-17)9-14(19-5-2)16(13)21-11-15(18)20-6-3/h4,8-10H,1,5-7,11H2,2-3H3. The van der Waals surface area contributed by atoms with Crippen LogP contribution in [0.5, 0.6) is 11.5 Å². The van der Waals surface area contributed by atoms with E-state index in [-0.39, 0.29) is 6.61 Å². The Hall–Kier alpha value is -2.30. The summed E-state index contributed by atoms with van der Waals surface area (Å²) < 4.78 is 15.8. The van der Waals surface area contributed by atoms with Crippen LogP contribution in [0.25, 0.3) is 0 Å². The van der Waals surface area contributed by atoms with E-state index < -0.39 is 5.97 Å². The van der Waals surface area contributed by atoms with Gasteiger partial charge < -0.3 is 14.2 Å². The highest BCUT2D eigenvalue weighted by atomic mass is 16.6. The third-order valence-corrected chi connectivity index (χ3v) is 2.59. The van der Waals surface area contributed by atoms with E-state index in [1.54, 1.807) is 25.1 Å². The fraction of sp³-hybridized carbons (Fsp3) is 0.375. The molecule has 0 spiro atoms. The molecule has 0 heterocycles. The fourth-order valence-corrected chi connectivity index (χ4v) is 1.82. The number of aldehydes is 1. The summed E-state index contributed by atoms with van der Waals surface area (Å²) in [5.74, 6) is 0.419. The summed E-state index contributed by atoms with van der Waals surface area (Å²) in [5, 5.41) is 0. The first-order valence-electron chi connectivity index (χ1n) is 6.80. The van der Waals surface area contributed by atoms with Crippen LogP contribution in [0.3, 0.4) is 0 Å². The SMILES string of the molecule is C=CCc1cc(C=O)cc(OCC)c1OCC(=O)OCC. The molecule has 0 saturated carbocycles. The van der Waals surface area contributed by atoms with E-state index >= 15 is 0 Å². The van der Waals surface area contributed by atoms with Crippen molar-refractivity contribution in [1.82, 2.24) is 0 Å². The van der Waals surface area contributed by atoms with Crippen LogP contribution in [0.2, 0.25) is 0 Å². The highest BCUT2D eigenvalue weighted by Gasteiger charge is 2.15. The Morgan fingerprint density at radius 3 is 2.57 bits per heavy atom. The van der Waals surface area contributed by atoms with Gasteiger partial charge >= 0.3 is 5.97 Å². The number of rotatable bonds is 9. The Bertz CT molecular complexity index is 508. The molecule has 0 amide bonds. The molecule has 1 aromatic carbocycles. The molecular weight excluding hydrogens is 272 g/mol. The number of hydrogen-bond acceptors (Lipinski definition) is 5. The monoisotopic (exact) mass is 292 g/mol. The first kappa shape index (κ1) is 16.8. The lowest BCUT2D eigenvalue weighted by atomic mass is 10.1. The third kappa shape index (κ3) is 4.95. The van der Waals surface area contributed by atoms with Gasteiger partial charge in [0.15, 0.2) is 18.1 Å². The van der Waals surface area contributed by atoms with Gasteiger partial charge in [0.05, 0.1) is 13.2 Å². The molecule has 0 aromatic heterocycles. The molecule has 5 heteroatoms. The maximum Gasteiger partial charge on any atom is 0.344 e. The van der Waals surface area contributed by atoms with E-state index in [0.29, 0.717) is 36.7 Å². The minimum Gasteiger partial charge on any atom is -0.490 e. The van der Waals surface area contributed by atoms with Crippen molar-refractivity contribution in [2.24, 2.45) is 0 Å². The minimum atomic E-state index is -0.455. The zero-order valence-corrected chi connectivity index (χ0v) is 12.4. The molecule has 0 radical (unpaired) electrons. The lowest BCUT2D eigenvalue weighted by molar-refractivity contribution is -0.145. The second kappa shape index (κ2) is 8.79. The summed E-state index contributed by atoms with van der Waals surface area (Å²) in [6.07, 6.45) is 2.93. The summed E-state index contributed by atoms with van der Waals surface area (Å²) >= 11 is 0. The van der Waals surface area contributed by atoms with Crippen molar-refractivity contribution in [3.8, 4) is 11.5 Å². The average Bonchev–Trinajstić information content (AvgIpc) is 2.47. The highest BCUT2D eigenvalue weighted by Crippen LogP contribution is 2.33. The summed E-state index contributed by atoms with van der Waals surface area (Å²) in [7, 11) is 0. The summed E-state index contributed by atoms with van der Waals surface area (Å²) in [5.41, 5.74) is 1.22. The summed E-state index contributed by atoms with van der Waals surface area (Å²) in [6.45, 7) is 7.74. The van der Waals surface area contributed by atoms with Crippen LogP contribution < -0.4 is 9.47 Å². The molecule has 0 unspecified atom stereocenters. The van der Waals surface area contributed by atoms with Crippen LogP contribution in [0.15, 0.2) is 24.8 Å². The highest BCUT2D eigenvalue weighted by molar-refractivity contribution is 5.78. The molecular formula is C16H20O5. The predicted octanol–water partition coefficient (Wildman–Crippen LogP) is 2.57. The summed E-state index contributed by atoms with van der Waals surface area (Å²) in [4.78, 5) is 22.4. The van der Waals surface area contributed by atoms with Gasteiger partial charge in [0.2, 0.25) is 0 Å². The third-order valence-electron chi connectivity index (χ3n) is 2.59. The molecule has 21 heavy (non-hydrogen) atoms. The molecule has 1 rings (SSSR count). The Balaban J connectivity index is 3.08. The van der Waals surface area contributed by atoms with Gasteiger partial charge in [-0.3, -0.25) is 4.79 Å². The van der Waals surface area contributed by atoms with Gasteiger partial charge in [0, 0.05) is 11.1 Å². The number of carbonyl (C=O) groups is 2. The van der Waals surface area contributed by atoms with Crippen LogP contribution in [-0.4, -0.2) is 32.1 Å². The van der Waals surface area contributed by atoms with Crippen LogP contribution >= 0.6 is 0 Å².